The number of nitrogens with one attached hydrogen (secondary N) is 1. The molecule has 2 aromatic rings. The molecule has 1 aromatic carbocycles. The summed E-state index contributed by atoms with van der Waals surface area (Å²) in [6.07, 6.45) is 1.93. The van der Waals surface area contributed by atoms with Crippen LogP contribution in [0.5, 0.6) is 0 Å². The van der Waals surface area contributed by atoms with Gasteiger partial charge in [0.1, 0.15) is 0 Å². The molecule has 1 saturated heterocycles. The van der Waals surface area contributed by atoms with Crippen molar-refractivity contribution in [2.24, 2.45) is 5.41 Å². The quantitative estimate of drug-likeness (QED) is 0.817. The van der Waals surface area contributed by atoms with Gasteiger partial charge in [0.15, 0.2) is 5.78 Å². The fourth-order valence-corrected chi connectivity index (χ4v) is 4.99. The number of likely N-dealkylation sites (tertiary alicyclic amines) is 1. The predicted octanol–water partition coefficient (Wildman–Crippen LogP) is 4.80. The maximum atomic E-state index is 13.8. The summed E-state index contributed by atoms with van der Waals surface area (Å²) >= 11 is 0. The number of hydrogen-bond donors (Lipinski definition) is 1. The fraction of sp³-hybridized carbons (Fsp3) is 0.500. The van der Waals surface area contributed by atoms with E-state index in [2.05, 4.69) is 61.3 Å². The molecule has 1 aromatic heterocycles. The molecule has 4 atom stereocenters. The number of carbonyl (C=O) groups excluding carboxylic acids is 1. The number of carbonyl (C=O) groups is 1. The normalized spacial score (nSPS) is 27.2. The first-order chi connectivity index (χ1) is 13.1. The Balaban J connectivity index is 1.93. The van der Waals surface area contributed by atoms with Crippen molar-refractivity contribution in [2.45, 2.75) is 71.1 Å². The molecular weight excluding hydrogens is 346 g/mol. The number of pyridine rings is 1. The number of rotatable bonds is 2. The van der Waals surface area contributed by atoms with Crippen LogP contribution in [-0.2, 0) is 4.79 Å². The lowest BCUT2D eigenvalue weighted by molar-refractivity contribution is -0.133. The highest BCUT2D eigenvalue weighted by Crippen LogP contribution is 2.55. The molecule has 1 N–H and O–H groups in total. The Hall–Kier alpha value is -2.20. The van der Waals surface area contributed by atoms with Crippen LogP contribution < -0.4 is 5.32 Å². The molecule has 4 rings (SSSR count). The second-order valence-electron chi connectivity index (χ2n) is 10.1. The lowest BCUT2D eigenvalue weighted by Gasteiger charge is -2.42. The van der Waals surface area contributed by atoms with Crippen LogP contribution in [0.4, 0.5) is 5.69 Å². The Kier molecular flexibility index (Phi) is 4.38. The second-order valence-corrected chi connectivity index (χ2v) is 10.1. The van der Waals surface area contributed by atoms with Crippen molar-refractivity contribution in [1.82, 2.24) is 9.88 Å². The zero-order valence-electron chi connectivity index (χ0n) is 17.7. The third-order valence-electron chi connectivity index (χ3n) is 6.09. The minimum Gasteiger partial charge on any atom is -0.367 e. The summed E-state index contributed by atoms with van der Waals surface area (Å²) in [5.41, 5.74) is 2.82. The minimum atomic E-state index is -0.410. The lowest BCUT2D eigenvalue weighted by atomic mass is 9.75. The Morgan fingerprint density at radius 2 is 1.64 bits per heavy atom. The molecular formula is C24H31N3O. The van der Waals surface area contributed by atoms with Crippen LogP contribution in [0, 0.1) is 5.41 Å². The van der Waals surface area contributed by atoms with Gasteiger partial charge in [0.2, 0.25) is 0 Å². The van der Waals surface area contributed by atoms with Gasteiger partial charge in [-0.15, -0.1) is 0 Å². The first-order valence-corrected chi connectivity index (χ1v) is 10.2. The smallest absolute Gasteiger partial charge is 0.155 e. The third kappa shape index (κ3) is 2.95. The van der Waals surface area contributed by atoms with Crippen LogP contribution in [-0.4, -0.2) is 33.4 Å². The van der Waals surface area contributed by atoms with Gasteiger partial charge < -0.3 is 5.32 Å². The van der Waals surface area contributed by atoms with E-state index in [4.69, 9.17) is 4.98 Å². The first-order valence-electron chi connectivity index (χ1n) is 10.2. The van der Waals surface area contributed by atoms with Gasteiger partial charge in [-0.3, -0.25) is 14.7 Å². The molecule has 4 nitrogen and oxygen atoms in total. The molecule has 4 unspecified atom stereocenters. The Morgan fingerprint density at radius 3 is 2.25 bits per heavy atom. The Bertz CT molecular complexity index is 879. The van der Waals surface area contributed by atoms with Crippen LogP contribution in [0.25, 0.3) is 0 Å². The molecule has 3 heterocycles. The van der Waals surface area contributed by atoms with Crippen molar-refractivity contribution in [3.63, 3.8) is 0 Å². The van der Waals surface area contributed by atoms with Gasteiger partial charge in [-0.25, -0.2) is 0 Å². The average molecular weight is 378 g/mol. The Labute approximate surface area is 168 Å². The molecule has 0 spiro atoms. The van der Waals surface area contributed by atoms with Crippen molar-refractivity contribution in [3.8, 4) is 0 Å². The number of fused-ring (bicyclic) bond motifs is 3. The molecule has 0 radical (unpaired) electrons. The van der Waals surface area contributed by atoms with Crippen LogP contribution in [0.2, 0.25) is 0 Å². The van der Waals surface area contributed by atoms with Gasteiger partial charge in [-0.2, -0.15) is 0 Å². The summed E-state index contributed by atoms with van der Waals surface area (Å²) in [6.45, 7) is 12.7. The van der Waals surface area contributed by atoms with Crippen molar-refractivity contribution >= 4 is 11.5 Å². The first kappa shape index (κ1) is 19.1. The molecule has 2 aliphatic rings. The Morgan fingerprint density at radius 1 is 0.964 bits per heavy atom. The van der Waals surface area contributed by atoms with E-state index >= 15 is 0 Å². The van der Waals surface area contributed by atoms with Gasteiger partial charge >= 0.3 is 0 Å². The zero-order chi connectivity index (χ0) is 20.3. The highest BCUT2D eigenvalue weighted by atomic mass is 16.1. The van der Waals surface area contributed by atoms with Gasteiger partial charge in [0, 0.05) is 29.0 Å². The third-order valence-corrected chi connectivity index (χ3v) is 6.09. The van der Waals surface area contributed by atoms with Crippen LogP contribution in [0.15, 0.2) is 48.7 Å². The van der Waals surface area contributed by atoms with E-state index in [0.717, 1.165) is 11.4 Å². The fourth-order valence-electron chi connectivity index (χ4n) is 4.99. The van der Waals surface area contributed by atoms with Crippen LogP contribution in [0.1, 0.15) is 64.6 Å². The maximum Gasteiger partial charge on any atom is 0.155 e. The summed E-state index contributed by atoms with van der Waals surface area (Å²) in [5.74, 6) is 0.514. The number of Topliss-reactive ketones (excluding diaryl/α,β-unsaturated/α-hetero) is 1. The van der Waals surface area contributed by atoms with E-state index in [-0.39, 0.29) is 29.6 Å². The summed E-state index contributed by atoms with van der Waals surface area (Å²) in [6, 6.07) is 14.4. The highest BCUT2D eigenvalue weighted by molar-refractivity contribution is 5.91. The molecule has 148 valence electrons. The summed E-state index contributed by atoms with van der Waals surface area (Å²) < 4.78 is 0. The van der Waals surface area contributed by atoms with Crippen molar-refractivity contribution in [3.05, 3.63) is 59.9 Å². The molecule has 0 amide bonds. The van der Waals surface area contributed by atoms with E-state index in [1.54, 1.807) is 0 Å². The molecule has 4 heteroatoms. The van der Waals surface area contributed by atoms with Gasteiger partial charge in [-0.05, 0) is 38.5 Å². The maximum absolute atomic E-state index is 13.8. The van der Waals surface area contributed by atoms with Gasteiger partial charge in [-0.1, -0.05) is 51.1 Å². The molecule has 1 fully saturated rings. The van der Waals surface area contributed by atoms with E-state index in [1.807, 2.05) is 39.1 Å². The number of anilines is 1. The van der Waals surface area contributed by atoms with Crippen molar-refractivity contribution in [2.75, 3.05) is 5.32 Å². The molecule has 0 bridgehead atoms. The topological polar surface area (TPSA) is 45.2 Å². The predicted molar refractivity (Wildman–Crippen MR) is 113 cm³/mol. The van der Waals surface area contributed by atoms with Gasteiger partial charge in [0.25, 0.3) is 0 Å². The monoisotopic (exact) mass is 377 g/mol. The standard InChI is InChI=1S/C24H31N3O/c1-23(2,3)21(28)20-17(15-11-8-7-9-12-15)18-19-16(13-10-14-25-19)26-22(18)27(20)24(4,5)6/h7-14,17-18,20,22,26H,1-6H3. The number of ketones is 1. The van der Waals surface area contributed by atoms with Gasteiger partial charge in [0.05, 0.1) is 23.6 Å². The molecule has 0 saturated carbocycles. The highest BCUT2D eigenvalue weighted by Gasteiger charge is 2.60. The molecule has 0 aliphatic carbocycles. The number of nitrogens with zero attached hydrogens (tertiary/aromatic N) is 2. The van der Waals surface area contributed by atoms with E-state index in [0.29, 0.717) is 5.78 Å². The SMILES string of the molecule is CC(C)(C)C(=O)C1C(c2ccccc2)C2c3ncccc3NC2N1C(C)(C)C. The van der Waals surface area contributed by atoms with Crippen molar-refractivity contribution in [1.29, 1.82) is 0 Å². The minimum absolute atomic E-state index is 0.0615. The van der Waals surface area contributed by atoms with E-state index in [9.17, 15) is 4.79 Å². The van der Waals surface area contributed by atoms with E-state index in [1.165, 1.54) is 5.56 Å². The van der Waals surface area contributed by atoms with Crippen LogP contribution >= 0.6 is 0 Å². The lowest BCUT2D eigenvalue weighted by Crippen LogP contribution is -2.56. The summed E-state index contributed by atoms with van der Waals surface area (Å²) in [4.78, 5) is 20.9. The summed E-state index contributed by atoms with van der Waals surface area (Å²) in [5, 5.41) is 3.70. The number of aromatic nitrogens is 1. The van der Waals surface area contributed by atoms with Crippen LogP contribution in [0.3, 0.4) is 0 Å². The number of hydrogen-bond acceptors (Lipinski definition) is 4. The van der Waals surface area contributed by atoms with E-state index < -0.39 is 5.41 Å². The molecule has 2 aliphatic heterocycles. The van der Waals surface area contributed by atoms with Crippen molar-refractivity contribution < 1.29 is 4.79 Å². The zero-order valence-corrected chi connectivity index (χ0v) is 17.7. The molecule has 28 heavy (non-hydrogen) atoms. The second kappa shape index (κ2) is 6.41. The largest absolute Gasteiger partial charge is 0.367 e. The number of benzene rings is 1. The summed E-state index contributed by atoms with van der Waals surface area (Å²) in [7, 11) is 0. The average Bonchev–Trinajstić information content (AvgIpc) is 3.14.